The highest BCUT2D eigenvalue weighted by Crippen LogP contribution is 1.78. The highest BCUT2D eigenvalue weighted by Gasteiger charge is 1.96. The Kier molecular flexibility index (Phi) is 7.41. The van der Waals surface area contributed by atoms with Gasteiger partial charge >= 0.3 is 5.97 Å². The highest BCUT2D eigenvalue weighted by molar-refractivity contribution is 5.85. The molecule has 0 aliphatic heterocycles. The van der Waals surface area contributed by atoms with Crippen molar-refractivity contribution < 1.29 is 9.63 Å². The SMILES string of the molecule is CCN(N)OC(C)=O.Cl. The predicted molar refractivity (Wildman–Crippen MR) is 35.6 cm³/mol. The molecule has 0 aromatic rings. The lowest BCUT2D eigenvalue weighted by atomic mass is 10.8. The van der Waals surface area contributed by atoms with Crippen molar-refractivity contribution in [1.82, 2.24) is 5.17 Å². The minimum absolute atomic E-state index is 0. The summed E-state index contributed by atoms with van der Waals surface area (Å²) in [6.07, 6.45) is 0. The van der Waals surface area contributed by atoms with Crippen LogP contribution in [0.15, 0.2) is 0 Å². The highest BCUT2D eigenvalue weighted by atomic mass is 35.5. The van der Waals surface area contributed by atoms with Crippen LogP contribution in [-0.4, -0.2) is 17.7 Å². The predicted octanol–water partition coefficient (Wildman–Crippen LogP) is 0.0819. The summed E-state index contributed by atoms with van der Waals surface area (Å²) in [6.45, 7) is 3.58. The van der Waals surface area contributed by atoms with Crippen LogP contribution in [0.4, 0.5) is 0 Å². The van der Waals surface area contributed by atoms with Gasteiger partial charge in [0.15, 0.2) is 0 Å². The first-order valence-corrected chi connectivity index (χ1v) is 2.37. The van der Waals surface area contributed by atoms with Crippen LogP contribution >= 0.6 is 12.4 Å². The quantitative estimate of drug-likeness (QED) is 0.452. The minimum atomic E-state index is -0.394. The topological polar surface area (TPSA) is 55.6 Å². The lowest BCUT2D eigenvalue weighted by Crippen LogP contribution is -2.32. The summed E-state index contributed by atoms with van der Waals surface area (Å²) in [6, 6.07) is 0. The first kappa shape index (κ1) is 11.5. The summed E-state index contributed by atoms with van der Waals surface area (Å²) in [5.74, 6) is 4.67. The minimum Gasteiger partial charge on any atom is -0.354 e. The van der Waals surface area contributed by atoms with E-state index in [9.17, 15) is 4.79 Å². The Balaban J connectivity index is 0. The van der Waals surface area contributed by atoms with E-state index in [-0.39, 0.29) is 12.4 Å². The van der Waals surface area contributed by atoms with Crippen molar-refractivity contribution >= 4 is 18.4 Å². The Morgan fingerprint density at radius 2 is 2.22 bits per heavy atom. The van der Waals surface area contributed by atoms with Crippen LogP contribution in [0.5, 0.6) is 0 Å². The van der Waals surface area contributed by atoms with Crippen LogP contribution in [0, 0.1) is 0 Å². The summed E-state index contributed by atoms with van der Waals surface area (Å²) in [4.78, 5) is 14.4. The number of hydroxylamine groups is 1. The molecule has 0 rings (SSSR count). The number of carbonyl (C=O) groups is 1. The van der Waals surface area contributed by atoms with Crippen molar-refractivity contribution in [2.24, 2.45) is 5.84 Å². The number of hydrogen-bond acceptors (Lipinski definition) is 4. The first-order chi connectivity index (χ1) is 3.66. The van der Waals surface area contributed by atoms with E-state index in [1.165, 1.54) is 6.92 Å². The molecule has 5 heteroatoms. The van der Waals surface area contributed by atoms with Crippen LogP contribution < -0.4 is 5.84 Å². The Hall–Kier alpha value is -0.320. The zero-order valence-electron chi connectivity index (χ0n) is 5.46. The standard InChI is InChI=1S/C4H10N2O2.ClH/c1-3-6(5)8-4(2)7;/h3,5H2,1-2H3;1H. The van der Waals surface area contributed by atoms with Gasteiger partial charge in [-0.05, 0) is 6.92 Å². The van der Waals surface area contributed by atoms with E-state index >= 15 is 0 Å². The van der Waals surface area contributed by atoms with E-state index in [4.69, 9.17) is 5.84 Å². The number of rotatable bonds is 2. The van der Waals surface area contributed by atoms with E-state index in [0.717, 1.165) is 5.17 Å². The zero-order valence-corrected chi connectivity index (χ0v) is 6.27. The number of carbonyl (C=O) groups excluding carboxylic acids is 1. The molecule has 0 bridgehead atoms. The molecule has 0 atom stereocenters. The molecule has 0 aliphatic carbocycles. The fourth-order valence-electron chi connectivity index (χ4n) is 0.230. The second-order valence-corrected chi connectivity index (χ2v) is 1.32. The van der Waals surface area contributed by atoms with Gasteiger partial charge in [0.25, 0.3) is 0 Å². The van der Waals surface area contributed by atoms with Crippen LogP contribution in [0.3, 0.4) is 0 Å². The average Bonchev–Trinajstić information content (AvgIpc) is 1.65. The maximum absolute atomic E-state index is 10.1. The van der Waals surface area contributed by atoms with Crippen LogP contribution in [0.2, 0.25) is 0 Å². The molecule has 0 aliphatic rings. The summed E-state index contributed by atoms with van der Waals surface area (Å²) in [5.41, 5.74) is 0. The molecule has 0 heterocycles. The van der Waals surface area contributed by atoms with Crippen molar-refractivity contribution in [2.75, 3.05) is 6.54 Å². The van der Waals surface area contributed by atoms with E-state index in [2.05, 4.69) is 4.84 Å². The van der Waals surface area contributed by atoms with Gasteiger partial charge < -0.3 is 4.84 Å². The van der Waals surface area contributed by atoms with Gasteiger partial charge in [-0.25, -0.2) is 5.84 Å². The second-order valence-electron chi connectivity index (χ2n) is 1.32. The molecule has 0 aromatic carbocycles. The Bertz CT molecular complexity index is 88.6. The molecule has 0 amide bonds. The monoisotopic (exact) mass is 154 g/mol. The summed E-state index contributed by atoms with van der Waals surface area (Å²) >= 11 is 0. The van der Waals surface area contributed by atoms with Gasteiger partial charge in [0, 0.05) is 13.5 Å². The first-order valence-electron chi connectivity index (χ1n) is 2.37. The fraction of sp³-hybridized carbons (Fsp3) is 0.750. The molecular weight excluding hydrogens is 144 g/mol. The molecule has 0 saturated heterocycles. The van der Waals surface area contributed by atoms with Crippen LogP contribution in [0.1, 0.15) is 13.8 Å². The number of halogens is 1. The third kappa shape index (κ3) is 7.68. The fourth-order valence-corrected chi connectivity index (χ4v) is 0.230. The molecule has 0 spiro atoms. The molecule has 0 unspecified atom stereocenters. The Labute approximate surface area is 60.3 Å². The van der Waals surface area contributed by atoms with Crippen LogP contribution in [0.25, 0.3) is 0 Å². The van der Waals surface area contributed by atoms with E-state index in [0.29, 0.717) is 6.54 Å². The van der Waals surface area contributed by atoms with Crippen molar-refractivity contribution in [3.8, 4) is 0 Å². The lowest BCUT2D eigenvalue weighted by Gasteiger charge is -2.09. The maximum Gasteiger partial charge on any atom is 0.323 e. The van der Waals surface area contributed by atoms with Crippen LogP contribution in [-0.2, 0) is 9.63 Å². The zero-order chi connectivity index (χ0) is 6.57. The summed E-state index contributed by atoms with van der Waals surface area (Å²) < 4.78 is 0. The summed E-state index contributed by atoms with van der Waals surface area (Å²) in [5, 5.41) is 0.975. The number of hydrazine groups is 1. The molecular formula is C4H11ClN2O2. The van der Waals surface area contributed by atoms with Crippen molar-refractivity contribution in [3.05, 3.63) is 0 Å². The third-order valence-electron chi connectivity index (χ3n) is 0.557. The van der Waals surface area contributed by atoms with Gasteiger partial charge in [-0.1, -0.05) is 5.17 Å². The molecule has 0 saturated carbocycles. The van der Waals surface area contributed by atoms with Gasteiger partial charge in [-0.15, -0.1) is 12.4 Å². The van der Waals surface area contributed by atoms with Gasteiger partial charge in [-0.2, -0.15) is 0 Å². The Morgan fingerprint density at radius 3 is 2.33 bits per heavy atom. The van der Waals surface area contributed by atoms with E-state index in [1.54, 1.807) is 6.92 Å². The number of nitrogens with two attached hydrogens (primary N) is 1. The average molecular weight is 155 g/mol. The normalized spacial score (nSPS) is 8.44. The van der Waals surface area contributed by atoms with Gasteiger partial charge in [0.2, 0.25) is 0 Å². The van der Waals surface area contributed by atoms with E-state index in [1.807, 2.05) is 0 Å². The van der Waals surface area contributed by atoms with Gasteiger partial charge in [0.1, 0.15) is 0 Å². The summed E-state index contributed by atoms with van der Waals surface area (Å²) in [7, 11) is 0. The molecule has 0 fully saturated rings. The smallest absolute Gasteiger partial charge is 0.323 e. The van der Waals surface area contributed by atoms with Crippen molar-refractivity contribution in [3.63, 3.8) is 0 Å². The second kappa shape index (κ2) is 5.81. The largest absolute Gasteiger partial charge is 0.354 e. The molecule has 0 radical (unpaired) electrons. The lowest BCUT2D eigenvalue weighted by molar-refractivity contribution is -0.187. The van der Waals surface area contributed by atoms with Gasteiger partial charge in [0.05, 0.1) is 0 Å². The molecule has 9 heavy (non-hydrogen) atoms. The van der Waals surface area contributed by atoms with E-state index < -0.39 is 5.97 Å². The molecule has 56 valence electrons. The van der Waals surface area contributed by atoms with Crippen molar-refractivity contribution in [2.45, 2.75) is 13.8 Å². The number of hydrogen-bond donors (Lipinski definition) is 1. The molecule has 2 N–H and O–H groups in total. The third-order valence-corrected chi connectivity index (χ3v) is 0.557. The van der Waals surface area contributed by atoms with Crippen molar-refractivity contribution in [1.29, 1.82) is 0 Å². The molecule has 0 aromatic heterocycles. The maximum atomic E-state index is 10.1. The van der Waals surface area contributed by atoms with Gasteiger partial charge in [-0.3, -0.25) is 4.79 Å². The number of nitrogens with zero attached hydrogens (tertiary/aromatic N) is 1. The Morgan fingerprint density at radius 1 is 1.78 bits per heavy atom. The molecule has 4 nitrogen and oxygen atoms in total.